The zero-order valence-electron chi connectivity index (χ0n) is 19.2. The van der Waals surface area contributed by atoms with E-state index in [-0.39, 0.29) is 30.3 Å². The quantitative estimate of drug-likeness (QED) is 0.529. The van der Waals surface area contributed by atoms with E-state index in [4.69, 9.17) is 23.2 Å². The first-order chi connectivity index (χ1) is 16.4. The predicted octanol–water partition coefficient (Wildman–Crippen LogP) is 4.15. The maximum Gasteiger partial charge on any atom is 0.322 e. The lowest BCUT2D eigenvalue weighted by Gasteiger charge is -2.41. The standard InChI is InChI=1S/C25H30Cl2N4O3/c1-18-17-30(13-14-31(18)25(34)28-21-10-5-9-20(27)16-21)24(33)22(29-23(32)11-6-12-26)15-19-7-3-2-4-8-19/h2-5,7-10,16,18,22H,6,11-15,17H2,1H3,(H,28,34)(H,29,32)/t18-,22-/m1/s1. The van der Waals surface area contributed by atoms with Crippen molar-refractivity contribution in [3.05, 3.63) is 65.2 Å². The molecule has 0 saturated carbocycles. The van der Waals surface area contributed by atoms with E-state index in [1.54, 1.807) is 34.1 Å². The molecule has 34 heavy (non-hydrogen) atoms. The first kappa shape index (κ1) is 25.8. The summed E-state index contributed by atoms with van der Waals surface area (Å²) in [6.07, 6.45) is 1.23. The van der Waals surface area contributed by atoms with Gasteiger partial charge < -0.3 is 20.4 Å². The molecule has 1 fully saturated rings. The van der Waals surface area contributed by atoms with Crippen molar-refractivity contribution in [2.45, 2.75) is 38.3 Å². The normalized spacial score (nSPS) is 16.6. The Bertz CT molecular complexity index is 989. The van der Waals surface area contributed by atoms with Gasteiger partial charge in [0.05, 0.1) is 0 Å². The highest BCUT2D eigenvalue weighted by Crippen LogP contribution is 2.18. The average molecular weight is 505 g/mol. The predicted molar refractivity (Wildman–Crippen MR) is 135 cm³/mol. The Morgan fingerprint density at radius 1 is 1.09 bits per heavy atom. The molecule has 0 aromatic heterocycles. The van der Waals surface area contributed by atoms with Crippen LogP contribution in [0.15, 0.2) is 54.6 Å². The van der Waals surface area contributed by atoms with E-state index in [0.29, 0.717) is 49.1 Å². The number of hydrogen-bond acceptors (Lipinski definition) is 3. The molecule has 0 unspecified atom stereocenters. The third kappa shape index (κ3) is 7.37. The van der Waals surface area contributed by atoms with Gasteiger partial charge in [-0.2, -0.15) is 0 Å². The molecule has 2 atom stereocenters. The van der Waals surface area contributed by atoms with Gasteiger partial charge in [-0.1, -0.05) is 48.0 Å². The molecule has 1 aliphatic heterocycles. The summed E-state index contributed by atoms with van der Waals surface area (Å²) in [5.41, 5.74) is 1.58. The molecule has 1 saturated heterocycles. The number of carbonyl (C=O) groups is 3. The van der Waals surface area contributed by atoms with Crippen LogP contribution in [0.4, 0.5) is 10.5 Å². The third-order valence-electron chi connectivity index (χ3n) is 5.73. The molecule has 0 radical (unpaired) electrons. The zero-order chi connectivity index (χ0) is 24.5. The van der Waals surface area contributed by atoms with Gasteiger partial charge in [0.1, 0.15) is 6.04 Å². The van der Waals surface area contributed by atoms with Crippen LogP contribution in [0.25, 0.3) is 0 Å². The average Bonchev–Trinajstić information content (AvgIpc) is 2.82. The van der Waals surface area contributed by atoms with Crippen LogP contribution in [-0.2, 0) is 16.0 Å². The van der Waals surface area contributed by atoms with Crippen molar-refractivity contribution in [3.63, 3.8) is 0 Å². The van der Waals surface area contributed by atoms with Gasteiger partial charge in [0, 0.05) is 55.1 Å². The minimum atomic E-state index is -0.677. The van der Waals surface area contributed by atoms with Crippen molar-refractivity contribution in [3.8, 4) is 0 Å². The lowest BCUT2D eigenvalue weighted by Crippen LogP contribution is -2.60. The highest BCUT2D eigenvalue weighted by Gasteiger charge is 2.33. The van der Waals surface area contributed by atoms with E-state index in [0.717, 1.165) is 5.56 Å². The van der Waals surface area contributed by atoms with Crippen LogP contribution in [0.1, 0.15) is 25.3 Å². The van der Waals surface area contributed by atoms with Crippen molar-refractivity contribution in [1.82, 2.24) is 15.1 Å². The Balaban J connectivity index is 1.64. The van der Waals surface area contributed by atoms with E-state index in [2.05, 4.69) is 10.6 Å². The number of rotatable bonds is 8. The monoisotopic (exact) mass is 504 g/mol. The third-order valence-corrected chi connectivity index (χ3v) is 6.23. The van der Waals surface area contributed by atoms with Crippen LogP contribution < -0.4 is 10.6 Å². The highest BCUT2D eigenvalue weighted by atomic mass is 35.5. The molecule has 182 valence electrons. The molecule has 2 aromatic rings. The first-order valence-electron chi connectivity index (χ1n) is 11.4. The van der Waals surface area contributed by atoms with E-state index < -0.39 is 6.04 Å². The maximum atomic E-state index is 13.4. The lowest BCUT2D eigenvalue weighted by molar-refractivity contribution is -0.138. The topological polar surface area (TPSA) is 81.8 Å². The van der Waals surface area contributed by atoms with Crippen LogP contribution in [-0.4, -0.2) is 65.2 Å². The SMILES string of the molecule is C[C@@H]1CN(C(=O)[C@@H](Cc2ccccc2)NC(=O)CCCCl)CCN1C(=O)Nc1cccc(Cl)c1. The smallest absolute Gasteiger partial charge is 0.322 e. The van der Waals surface area contributed by atoms with Crippen LogP contribution >= 0.6 is 23.2 Å². The Hall–Kier alpha value is -2.77. The van der Waals surface area contributed by atoms with E-state index >= 15 is 0 Å². The summed E-state index contributed by atoms with van der Waals surface area (Å²) in [6, 6.07) is 15.5. The van der Waals surface area contributed by atoms with Gasteiger partial charge in [-0.05, 0) is 37.1 Å². The summed E-state index contributed by atoms with van der Waals surface area (Å²) in [5, 5.41) is 6.29. The van der Waals surface area contributed by atoms with Crippen LogP contribution in [0.5, 0.6) is 0 Å². The summed E-state index contributed by atoms with van der Waals surface area (Å²) < 4.78 is 0. The number of anilines is 1. The molecule has 1 heterocycles. The molecule has 0 aliphatic carbocycles. The second-order valence-corrected chi connectivity index (χ2v) is 9.18. The molecule has 2 aromatic carbocycles. The highest BCUT2D eigenvalue weighted by molar-refractivity contribution is 6.30. The second-order valence-electron chi connectivity index (χ2n) is 8.37. The first-order valence-corrected chi connectivity index (χ1v) is 12.3. The number of carbonyl (C=O) groups excluding carboxylic acids is 3. The number of alkyl halides is 1. The van der Waals surface area contributed by atoms with Crippen molar-refractivity contribution < 1.29 is 14.4 Å². The summed E-state index contributed by atoms with van der Waals surface area (Å²) in [7, 11) is 0. The molecule has 7 nitrogen and oxygen atoms in total. The molecule has 4 amide bonds. The van der Waals surface area contributed by atoms with Crippen molar-refractivity contribution in [2.75, 3.05) is 30.8 Å². The van der Waals surface area contributed by atoms with Gasteiger partial charge in [0.15, 0.2) is 0 Å². The molecule has 0 spiro atoms. The minimum Gasteiger partial charge on any atom is -0.344 e. The van der Waals surface area contributed by atoms with Crippen molar-refractivity contribution in [1.29, 1.82) is 0 Å². The van der Waals surface area contributed by atoms with Gasteiger partial charge in [0.2, 0.25) is 11.8 Å². The van der Waals surface area contributed by atoms with Gasteiger partial charge in [-0.3, -0.25) is 9.59 Å². The number of amides is 4. The zero-order valence-corrected chi connectivity index (χ0v) is 20.7. The number of halogens is 2. The molecule has 9 heteroatoms. The number of nitrogens with one attached hydrogen (secondary N) is 2. The van der Waals surface area contributed by atoms with E-state index in [1.807, 2.05) is 37.3 Å². The molecule has 1 aliphatic rings. The fraction of sp³-hybridized carbons (Fsp3) is 0.400. The van der Waals surface area contributed by atoms with Gasteiger partial charge >= 0.3 is 6.03 Å². The number of benzene rings is 2. The Morgan fingerprint density at radius 3 is 2.53 bits per heavy atom. The Morgan fingerprint density at radius 2 is 1.85 bits per heavy atom. The van der Waals surface area contributed by atoms with E-state index in [9.17, 15) is 14.4 Å². The molecular formula is C25H30Cl2N4O3. The number of urea groups is 1. The van der Waals surface area contributed by atoms with E-state index in [1.165, 1.54) is 0 Å². The lowest BCUT2D eigenvalue weighted by atomic mass is 10.0. The second kappa shape index (κ2) is 12.6. The van der Waals surface area contributed by atoms with Crippen molar-refractivity contribution >= 4 is 46.7 Å². The summed E-state index contributed by atoms with van der Waals surface area (Å²) in [4.78, 5) is 42.0. The Kier molecular flexibility index (Phi) is 9.60. The number of nitrogens with zero attached hydrogens (tertiary/aromatic N) is 2. The number of piperazine rings is 1. The minimum absolute atomic E-state index is 0.148. The molecule has 0 bridgehead atoms. The van der Waals surface area contributed by atoms with Gasteiger partial charge in [0.25, 0.3) is 0 Å². The molecule has 3 rings (SSSR count). The van der Waals surface area contributed by atoms with Crippen LogP contribution in [0.3, 0.4) is 0 Å². The fourth-order valence-corrected chi connectivity index (χ4v) is 4.31. The summed E-state index contributed by atoms with van der Waals surface area (Å²) >= 11 is 11.7. The van der Waals surface area contributed by atoms with Gasteiger partial charge in [-0.25, -0.2) is 4.79 Å². The molecule has 2 N–H and O–H groups in total. The van der Waals surface area contributed by atoms with Crippen LogP contribution in [0.2, 0.25) is 5.02 Å². The van der Waals surface area contributed by atoms with Crippen molar-refractivity contribution in [2.24, 2.45) is 0 Å². The maximum absolute atomic E-state index is 13.4. The summed E-state index contributed by atoms with van der Waals surface area (Å²) in [5.74, 6) is 0.0499. The summed E-state index contributed by atoms with van der Waals surface area (Å²) in [6.45, 7) is 3.05. The largest absolute Gasteiger partial charge is 0.344 e. The van der Waals surface area contributed by atoms with Gasteiger partial charge in [-0.15, -0.1) is 11.6 Å². The van der Waals surface area contributed by atoms with Crippen LogP contribution in [0, 0.1) is 0 Å². The molecular weight excluding hydrogens is 475 g/mol. The Labute approximate surface area is 210 Å². The fourth-order valence-electron chi connectivity index (χ4n) is 3.99. The number of hydrogen-bond donors (Lipinski definition) is 2.